The van der Waals surface area contributed by atoms with Crippen LogP contribution in [0.3, 0.4) is 0 Å². The van der Waals surface area contributed by atoms with Crippen molar-refractivity contribution in [3.63, 3.8) is 0 Å². The topological polar surface area (TPSA) is 9.23 Å². The number of alkyl halides is 4. The van der Waals surface area contributed by atoms with E-state index in [9.17, 15) is 17.6 Å². The first kappa shape index (κ1) is 9.83. The average molecular weight is 193 g/mol. The summed E-state index contributed by atoms with van der Waals surface area (Å²) in [6.07, 6.45) is -2.65. The van der Waals surface area contributed by atoms with Gasteiger partial charge >= 0.3 is 6.61 Å². The maximum atomic E-state index is 11.9. The lowest BCUT2D eigenvalue weighted by Crippen LogP contribution is -2.01. The van der Waals surface area contributed by atoms with Gasteiger partial charge < -0.3 is 4.74 Å². The highest BCUT2D eigenvalue weighted by Gasteiger charge is 2.08. The molecule has 13 heavy (non-hydrogen) atoms. The Hall–Kier alpha value is -1.26. The summed E-state index contributed by atoms with van der Waals surface area (Å²) in [5.74, 6) is -0.181. The van der Waals surface area contributed by atoms with Crippen LogP contribution in [0.5, 0.6) is 5.75 Å². The smallest absolute Gasteiger partial charge is 0.387 e. The van der Waals surface area contributed by atoms with E-state index in [4.69, 9.17) is 0 Å². The van der Waals surface area contributed by atoms with Crippen LogP contribution in [0.4, 0.5) is 17.6 Å². The number of hydrogen-bond donors (Lipinski definition) is 0. The van der Waals surface area contributed by atoms with E-state index in [2.05, 4.69) is 10.8 Å². The number of benzene rings is 1. The predicted molar refractivity (Wildman–Crippen MR) is 36.9 cm³/mol. The van der Waals surface area contributed by atoms with Crippen molar-refractivity contribution in [1.82, 2.24) is 0 Å². The summed E-state index contributed by atoms with van der Waals surface area (Å²) in [5, 5.41) is 0. The molecule has 0 unspecified atom stereocenters. The summed E-state index contributed by atoms with van der Waals surface area (Å²) in [6.45, 7) is -2.95. The van der Waals surface area contributed by atoms with Crippen LogP contribution in [-0.2, 0) is 0 Å². The van der Waals surface area contributed by atoms with Gasteiger partial charge in [-0.25, -0.2) is 8.78 Å². The van der Waals surface area contributed by atoms with E-state index in [1.54, 1.807) is 0 Å². The summed E-state index contributed by atoms with van der Waals surface area (Å²) in [4.78, 5) is 0. The van der Waals surface area contributed by atoms with E-state index < -0.39 is 13.0 Å². The van der Waals surface area contributed by atoms with Crippen molar-refractivity contribution in [2.75, 3.05) is 0 Å². The van der Waals surface area contributed by atoms with Gasteiger partial charge in [-0.15, -0.1) is 0 Å². The summed E-state index contributed by atoms with van der Waals surface area (Å²) >= 11 is 0. The van der Waals surface area contributed by atoms with Gasteiger partial charge in [0.25, 0.3) is 6.43 Å². The van der Waals surface area contributed by atoms with Crippen molar-refractivity contribution < 1.29 is 22.3 Å². The fourth-order valence-corrected chi connectivity index (χ4v) is 0.735. The van der Waals surface area contributed by atoms with E-state index in [1.165, 1.54) is 0 Å². The van der Waals surface area contributed by atoms with Crippen LogP contribution in [-0.4, -0.2) is 6.61 Å². The summed E-state index contributed by atoms with van der Waals surface area (Å²) in [6, 6.07) is 5.12. The Labute approximate surface area is 71.9 Å². The van der Waals surface area contributed by atoms with Gasteiger partial charge in [-0.1, -0.05) is 0 Å². The third kappa shape index (κ3) is 2.93. The van der Waals surface area contributed by atoms with Crippen molar-refractivity contribution in [1.29, 1.82) is 0 Å². The molecule has 1 aromatic rings. The van der Waals surface area contributed by atoms with Crippen LogP contribution in [0.15, 0.2) is 18.2 Å². The van der Waals surface area contributed by atoms with Gasteiger partial charge in [0.1, 0.15) is 5.75 Å². The van der Waals surface area contributed by atoms with Crippen LogP contribution in [0.2, 0.25) is 0 Å². The Morgan fingerprint density at radius 2 is 1.85 bits per heavy atom. The van der Waals surface area contributed by atoms with E-state index in [0.29, 0.717) is 0 Å². The molecular weight excluding hydrogens is 188 g/mol. The quantitative estimate of drug-likeness (QED) is 0.670. The van der Waals surface area contributed by atoms with Crippen molar-refractivity contribution >= 4 is 0 Å². The molecule has 1 aromatic carbocycles. The monoisotopic (exact) mass is 193 g/mol. The van der Waals surface area contributed by atoms with Crippen molar-refractivity contribution in [3.05, 3.63) is 29.8 Å². The summed E-state index contributed by atoms with van der Waals surface area (Å²) in [5.41, 5.74) is -0.346. The van der Waals surface area contributed by atoms with E-state index in [1.807, 2.05) is 0 Å². The zero-order valence-corrected chi connectivity index (χ0v) is 6.31. The first-order valence-electron chi connectivity index (χ1n) is 3.34. The van der Waals surface area contributed by atoms with Crippen molar-refractivity contribution in [2.45, 2.75) is 13.0 Å². The zero-order valence-electron chi connectivity index (χ0n) is 6.31. The minimum absolute atomic E-state index is 0.181. The van der Waals surface area contributed by atoms with E-state index >= 15 is 0 Å². The third-order valence-corrected chi connectivity index (χ3v) is 1.27. The molecule has 0 aliphatic carbocycles. The second kappa shape index (κ2) is 4.11. The standard InChI is InChI=1S/C8H5F4O/c9-7(10)5-1-3-6(4-2-5)13-8(11)12/h1,3-4,7-8H. The Bertz CT molecular complexity index is 257. The van der Waals surface area contributed by atoms with Crippen LogP contribution < -0.4 is 4.74 Å². The van der Waals surface area contributed by atoms with Gasteiger partial charge in [0, 0.05) is 5.56 Å². The maximum absolute atomic E-state index is 11.9. The van der Waals surface area contributed by atoms with Crippen molar-refractivity contribution in [3.8, 4) is 5.75 Å². The van der Waals surface area contributed by atoms with Gasteiger partial charge in [-0.05, 0) is 24.3 Å². The lowest BCUT2D eigenvalue weighted by atomic mass is 10.2. The second-order valence-electron chi connectivity index (χ2n) is 2.16. The second-order valence-corrected chi connectivity index (χ2v) is 2.16. The predicted octanol–water partition coefficient (Wildman–Crippen LogP) is 3.03. The minimum atomic E-state index is -2.95. The Morgan fingerprint density at radius 1 is 1.15 bits per heavy atom. The van der Waals surface area contributed by atoms with Crippen LogP contribution in [0.1, 0.15) is 12.0 Å². The number of rotatable bonds is 3. The number of halogens is 4. The van der Waals surface area contributed by atoms with Gasteiger partial charge in [-0.2, -0.15) is 8.78 Å². The average Bonchev–Trinajstić information content (AvgIpc) is 2.04. The molecule has 0 saturated carbocycles. The fourth-order valence-electron chi connectivity index (χ4n) is 0.735. The summed E-state index contributed by atoms with van der Waals surface area (Å²) in [7, 11) is 0. The molecule has 0 aliphatic heterocycles. The molecular formula is C8H5F4O. The Balaban J connectivity index is 2.70. The highest BCUT2D eigenvalue weighted by atomic mass is 19.3. The molecule has 5 heteroatoms. The normalized spacial score (nSPS) is 10.9. The minimum Gasteiger partial charge on any atom is -0.435 e. The molecule has 0 saturated heterocycles. The first-order valence-corrected chi connectivity index (χ1v) is 3.34. The van der Waals surface area contributed by atoms with Crippen molar-refractivity contribution in [2.24, 2.45) is 0 Å². The van der Waals surface area contributed by atoms with Crippen LogP contribution in [0.25, 0.3) is 0 Å². The van der Waals surface area contributed by atoms with E-state index in [0.717, 1.165) is 18.2 Å². The molecule has 1 rings (SSSR count). The molecule has 0 heterocycles. The molecule has 0 amide bonds. The molecule has 0 bridgehead atoms. The molecule has 71 valence electrons. The molecule has 0 atom stereocenters. The highest BCUT2D eigenvalue weighted by molar-refractivity contribution is 5.26. The summed E-state index contributed by atoms with van der Waals surface area (Å²) < 4.78 is 51.0. The maximum Gasteiger partial charge on any atom is 0.387 e. The lowest BCUT2D eigenvalue weighted by Gasteiger charge is -2.04. The van der Waals surface area contributed by atoms with Gasteiger partial charge in [0.15, 0.2) is 0 Å². The molecule has 0 fully saturated rings. The van der Waals surface area contributed by atoms with E-state index in [-0.39, 0.29) is 11.3 Å². The number of hydrogen-bond acceptors (Lipinski definition) is 1. The number of ether oxygens (including phenoxy) is 1. The van der Waals surface area contributed by atoms with Gasteiger partial charge in [-0.3, -0.25) is 0 Å². The highest BCUT2D eigenvalue weighted by Crippen LogP contribution is 2.21. The molecule has 0 N–H and O–H groups in total. The van der Waals surface area contributed by atoms with Crippen LogP contribution >= 0.6 is 0 Å². The van der Waals surface area contributed by atoms with Gasteiger partial charge in [0.05, 0.1) is 0 Å². The first-order chi connectivity index (χ1) is 6.09. The molecule has 1 radical (unpaired) electrons. The molecule has 0 aromatic heterocycles. The van der Waals surface area contributed by atoms with Crippen LogP contribution in [0, 0.1) is 6.07 Å². The molecule has 0 aliphatic rings. The fraction of sp³-hybridized carbons (Fsp3) is 0.250. The Kier molecular flexibility index (Phi) is 3.11. The molecule has 1 nitrogen and oxygen atoms in total. The SMILES string of the molecule is FC(F)Oc1c[c]c(C(F)F)cc1. The third-order valence-electron chi connectivity index (χ3n) is 1.27. The lowest BCUT2D eigenvalue weighted by molar-refractivity contribution is -0.0498. The van der Waals surface area contributed by atoms with Gasteiger partial charge in [0.2, 0.25) is 0 Å². The Morgan fingerprint density at radius 3 is 2.23 bits per heavy atom. The molecule has 0 spiro atoms. The largest absolute Gasteiger partial charge is 0.435 e. The zero-order chi connectivity index (χ0) is 9.84.